The average molecular weight is 1100 g/mol. The molecule has 0 bridgehead atoms. The molecule has 0 aliphatic rings. The molecule has 1 amide bonds. The Morgan fingerprint density at radius 2 is 0.831 bits per heavy atom. The Labute approximate surface area is 476 Å². The normalized spacial score (nSPS) is 14.2. The Morgan fingerprint density at radius 3 is 1.25 bits per heavy atom. The lowest BCUT2D eigenvalue weighted by atomic mass is 10.0. The van der Waals surface area contributed by atoms with Crippen LogP contribution in [0.4, 0.5) is 0 Å². The molecular formula is C67H121N2O7P. The van der Waals surface area contributed by atoms with Crippen LogP contribution in [0.3, 0.4) is 0 Å². The maximum Gasteiger partial charge on any atom is 0.306 e. The Kier molecular flexibility index (Phi) is 54.4. The van der Waals surface area contributed by atoms with E-state index in [9.17, 15) is 19.0 Å². The molecule has 10 heteroatoms. The molecule has 3 unspecified atom stereocenters. The molecule has 0 aromatic carbocycles. The number of unbranched alkanes of at least 4 members (excludes halogenated alkanes) is 29. The zero-order chi connectivity index (χ0) is 56.4. The Hall–Kier alpha value is -2.81. The molecule has 0 fully saturated rings. The number of esters is 1. The molecule has 0 aromatic rings. The van der Waals surface area contributed by atoms with Gasteiger partial charge in [0, 0.05) is 12.8 Å². The molecule has 3 atom stereocenters. The molecule has 1 N–H and O–H groups in total. The van der Waals surface area contributed by atoms with Gasteiger partial charge in [-0.05, 0) is 83.1 Å². The fraction of sp³-hybridized carbons (Fsp3) is 0.761. The SMILES string of the molecule is CC/C=C\C/C=C\C/C=C\C/C=C\C/C=C\C/C=C\CCCCCCC(=O)OC(/C=C/CCCCCCCCCCCC)C(COP(=O)([O-])OCC[N+](C)(C)C)NC(=O)CCCCCCCCCCCCCCCCCC. The highest BCUT2D eigenvalue weighted by molar-refractivity contribution is 7.45. The number of phosphoric ester groups is 1. The van der Waals surface area contributed by atoms with Crippen LogP contribution in [-0.2, 0) is 27.9 Å². The standard InChI is InChI=1S/C67H121N2O7P/c1-7-10-13-16-19-22-25-28-30-32-33-34-35-36-37-38-40-42-45-48-51-54-57-60-67(71)76-65(58-55-52-49-46-43-27-24-21-18-15-12-9-3)64(63-75-77(72,73)74-62-61-69(4,5)6)68-66(70)59-56-53-50-47-44-41-39-31-29-26-23-20-17-14-11-8-2/h10,13,19,22,28,30,33-34,36-37,40,42,55,58,64-65H,7-9,11-12,14-18,20-21,23-27,29,31-32,35,38-39,41,43-54,56-57,59-63H2,1-6H3,(H-,68,70,72,73)/b13-10-,22-19-,30-28-,34-33-,37-36-,42-40-,58-55+. The lowest BCUT2D eigenvalue weighted by molar-refractivity contribution is -0.870. The summed E-state index contributed by atoms with van der Waals surface area (Å²) < 4.78 is 30.3. The Balaban J connectivity index is 5.26. The smallest absolute Gasteiger partial charge is 0.306 e. The molecular weight excluding hydrogens is 976 g/mol. The van der Waals surface area contributed by atoms with E-state index >= 15 is 0 Å². The summed E-state index contributed by atoms with van der Waals surface area (Å²) in [6.07, 6.45) is 74.0. The molecule has 9 nitrogen and oxygen atoms in total. The molecule has 0 aliphatic carbocycles. The number of nitrogens with one attached hydrogen (secondary N) is 1. The van der Waals surface area contributed by atoms with Crippen LogP contribution in [-0.4, -0.2) is 69.4 Å². The number of quaternary nitrogens is 1. The zero-order valence-corrected chi connectivity index (χ0v) is 51.8. The highest BCUT2D eigenvalue weighted by atomic mass is 31.2. The summed E-state index contributed by atoms with van der Waals surface area (Å²) in [4.78, 5) is 40.0. The molecule has 0 saturated carbocycles. The third-order valence-electron chi connectivity index (χ3n) is 13.8. The topological polar surface area (TPSA) is 114 Å². The molecule has 0 heterocycles. The first-order valence-electron chi connectivity index (χ1n) is 31.9. The van der Waals surface area contributed by atoms with Crippen molar-refractivity contribution in [2.24, 2.45) is 0 Å². The van der Waals surface area contributed by atoms with E-state index in [1.165, 1.54) is 135 Å². The third-order valence-corrected chi connectivity index (χ3v) is 14.8. The number of amides is 1. The van der Waals surface area contributed by atoms with Gasteiger partial charge in [0.15, 0.2) is 0 Å². The van der Waals surface area contributed by atoms with E-state index in [-0.39, 0.29) is 24.9 Å². The van der Waals surface area contributed by atoms with Crippen LogP contribution in [0.25, 0.3) is 0 Å². The number of rotatable bonds is 57. The van der Waals surface area contributed by atoms with Crippen molar-refractivity contribution in [2.45, 2.75) is 290 Å². The minimum Gasteiger partial charge on any atom is -0.756 e. The number of phosphoric acid groups is 1. The summed E-state index contributed by atoms with van der Waals surface area (Å²) in [5.74, 6) is -0.566. The van der Waals surface area contributed by atoms with Crippen molar-refractivity contribution < 1.29 is 37.3 Å². The maximum absolute atomic E-state index is 13.5. The number of hydrogen-bond donors (Lipinski definition) is 1. The maximum atomic E-state index is 13.5. The van der Waals surface area contributed by atoms with Crippen molar-refractivity contribution in [3.05, 3.63) is 85.1 Å². The van der Waals surface area contributed by atoms with Crippen molar-refractivity contribution in [1.29, 1.82) is 0 Å². The molecule has 0 aromatic heterocycles. The number of carbonyl (C=O) groups is 2. The van der Waals surface area contributed by atoms with E-state index in [0.717, 1.165) is 103 Å². The molecule has 446 valence electrons. The van der Waals surface area contributed by atoms with Crippen molar-refractivity contribution in [3.8, 4) is 0 Å². The van der Waals surface area contributed by atoms with Crippen LogP contribution in [0.1, 0.15) is 278 Å². The van der Waals surface area contributed by atoms with E-state index in [1.807, 2.05) is 33.3 Å². The first-order chi connectivity index (χ1) is 37.4. The van der Waals surface area contributed by atoms with Gasteiger partial charge in [0.05, 0.1) is 33.8 Å². The van der Waals surface area contributed by atoms with Gasteiger partial charge in [-0.1, -0.05) is 267 Å². The number of likely N-dealkylation sites (N-methyl/N-ethyl adjacent to an activating group) is 1. The van der Waals surface area contributed by atoms with Gasteiger partial charge in [0.2, 0.25) is 5.91 Å². The second kappa shape index (κ2) is 56.5. The highest BCUT2D eigenvalue weighted by Gasteiger charge is 2.27. The molecule has 0 saturated heterocycles. The van der Waals surface area contributed by atoms with E-state index in [4.69, 9.17) is 13.8 Å². The van der Waals surface area contributed by atoms with Gasteiger partial charge in [-0.25, -0.2) is 0 Å². The largest absolute Gasteiger partial charge is 0.756 e. The molecule has 0 spiro atoms. The first-order valence-corrected chi connectivity index (χ1v) is 33.4. The summed E-state index contributed by atoms with van der Waals surface area (Å²) in [6, 6.07) is -0.901. The average Bonchev–Trinajstić information content (AvgIpc) is 3.39. The summed E-state index contributed by atoms with van der Waals surface area (Å²) in [6.45, 7) is 6.72. The summed E-state index contributed by atoms with van der Waals surface area (Å²) in [7, 11) is 1.17. The molecule has 0 aliphatic heterocycles. The van der Waals surface area contributed by atoms with Crippen molar-refractivity contribution >= 4 is 19.7 Å². The zero-order valence-electron chi connectivity index (χ0n) is 50.9. The lowest BCUT2D eigenvalue weighted by Gasteiger charge is -2.30. The highest BCUT2D eigenvalue weighted by Crippen LogP contribution is 2.38. The van der Waals surface area contributed by atoms with Gasteiger partial charge in [-0.15, -0.1) is 0 Å². The van der Waals surface area contributed by atoms with E-state index in [0.29, 0.717) is 23.9 Å². The fourth-order valence-electron chi connectivity index (χ4n) is 8.94. The Bertz CT molecular complexity index is 1590. The monoisotopic (exact) mass is 1100 g/mol. The number of allylic oxidation sites excluding steroid dienone is 13. The van der Waals surface area contributed by atoms with Gasteiger partial charge < -0.3 is 28.5 Å². The van der Waals surface area contributed by atoms with Crippen LogP contribution in [0.15, 0.2) is 85.1 Å². The molecule has 77 heavy (non-hydrogen) atoms. The number of carbonyl (C=O) groups excluding carboxylic acids is 2. The van der Waals surface area contributed by atoms with Crippen LogP contribution in [0.5, 0.6) is 0 Å². The first kappa shape index (κ1) is 74.2. The van der Waals surface area contributed by atoms with Crippen molar-refractivity contribution in [3.63, 3.8) is 0 Å². The van der Waals surface area contributed by atoms with Crippen LogP contribution in [0, 0.1) is 0 Å². The van der Waals surface area contributed by atoms with Gasteiger partial charge >= 0.3 is 5.97 Å². The fourth-order valence-corrected chi connectivity index (χ4v) is 9.66. The summed E-state index contributed by atoms with van der Waals surface area (Å²) in [5, 5.41) is 3.03. The van der Waals surface area contributed by atoms with Crippen molar-refractivity contribution in [1.82, 2.24) is 5.32 Å². The van der Waals surface area contributed by atoms with E-state index < -0.39 is 26.6 Å². The van der Waals surface area contributed by atoms with Gasteiger partial charge in [-0.3, -0.25) is 14.2 Å². The number of nitrogens with zero attached hydrogens (tertiary/aromatic N) is 1. The second-order valence-electron chi connectivity index (χ2n) is 22.5. The van der Waals surface area contributed by atoms with E-state index in [2.05, 4.69) is 99.0 Å². The number of hydrogen-bond acceptors (Lipinski definition) is 7. The van der Waals surface area contributed by atoms with Crippen LogP contribution >= 0.6 is 7.82 Å². The molecule has 0 rings (SSSR count). The summed E-state index contributed by atoms with van der Waals surface area (Å²) in [5.41, 5.74) is 0. The van der Waals surface area contributed by atoms with Gasteiger partial charge in [-0.2, -0.15) is 0 Å². The van der Waals surface area contributed by atoms with Crippen LogP contribution in [0.2, 0.25) is 0 Å². The molecule has 0 radical (unpaired) electrons. The Morgan fingerprint density at radius 1 is 0.468 bits per heavy atom. The minimum atomic E-state index is -4.71. The van der Waals surface area contributed by atoms with Crippen molar-refractivity contribution in [2.75, 3.05) is 40.9 Å². The second-order valence-corrected chi connectivity index (χ2v) is 23.9. The van der Waals surface area contributed by atoms with E-state index in [1.54, 1.807) is 0 Å². The predicted octanol–water partition coefficient (Wildman–Crippen LogP) is 19.1. The lowest BCUT2D eigenvalue weighted by Crippen LogP contribution is -2.47. The quantitative estimate of drug-likeness (QED) is 0.0212. The van der Waals surface area contributed by atoms with Gasteiger partial charge in [0.1, 0.15) is 19.3 Å². The predicted molar refractivity (Wildman–Crippen MR) is 330 cm³/mol. The third kappa shape index (κ3) is 57.7. The van der Waals surface area contributed by atoms with Crippen LogP contribution < -0.4 is 10.2 Å². The van der Waals surface area contributed by atoms with Gasteiger partial charge in [0.25, 0.3) is 7.82 Å². The summed E-state index contributed by atoms with van der Waals surface area (Å²) >= 11 is 0. The minimum absolute atomic E-state index is 0.0286. The number of ether oxygens (including phenoxy) is 1.